The molecule has 1 aliphatic rings. The van der Waals surface area contributed by atoms with E-state index in [0.29, 0.717) is 5.56 Å². The van der Waals surface area contributed by atoms with E-state index < -0.39 is 0 Å². The van der Waals surface area contributed by atoms with Crippen molar-refractivity contribution >= 4 is 17.6 Å². The van der Waals surface area contributed by atoms with E-state index in [9.17, 15) is 0 Å². The molecule has 0 spiro atoms. The molecule has 3 nitrogen and oxygen atoms in total. The molecule has 2 rings (SSSR count). The second kappa shape index (κ2) is 3.89. The molecule has 0 aliphatic carbocycles. The molecule has 0 unspecified atom stereocenters. The Hall–Kier alpha value is -1.21. The van der Waals surface area contributed by atoms with Gasteiger partial charge in [-0.15, -0.1) is 11.8 Å². The SMILES string of the molecule is CSc1cnc(N2CCC2)c(C#N)c1. The molecular formula is C10H11N3S. The quantitative estimate of drug-likeness (QED) is 0.691. The van der Waals surface area contributed by atoms with Crippen LogP contribution in [0.2, 0.25) is 0 Å². The van der Waals surface area contributed by atoms with Crippen molar-refractivity contribution in [2.45, 2.75) is 11.3 Å². The van der Waals surface area contributed by atoms with E-state index in [4.69, 9.17) is 5.26 Å². The Labute approximate surface area is 87.7 Å². The Balaban J connectivity index is 2.35. The number of anilines is 1. The highest BCUT2D eigenvalue weighted by Gasteiger charge is 2.19. The summed E-state index contributed by atoms with van der Waals surface area (Å²) in [5.41, 5.74) is 0.691. The summed E-state index contributed by atoms with van der Waals surface area (Å²) >= 11 is 1.61. The van der Waals surface area contributed by atoms with Gasteiger partial charge in [0.25, 0.3) is 0 Å². The lowest BCUT2D eigenvalue weighted by molar-refractivity contribution is 0.608. The minimum absolute atomic E-state index is 0.691. The Kier molecular flexibility index (Phi) is 2.60. The van der Waals surface area contributed by atoms with Crippen LogP contribution in [0.1, 0.15) is 12.0 Å². The molecule has 4 heteroatoms. The number of aromatic nitrogens is 1. The molecule has 1 aromatic heterocycles. The number of nitrogens with zero attached hydrogens (tertiary/aromatic N) is 3. The fourth-order valence-electron chi connectivity index (χ4n) is 1.41. The average Bonchev–Trinajstić information content (AvgIpc) is 2.16. The molecule has 0 atom stereocenters. The van der Waals surface area contributed by atoms with E-state index in [1.54, 1.807) is 11.8 Å². The normalized spacial score (nSPS) is 14.7. The summed E-state index contributed by atoms with van der Waals surface area (Å²) in [4.78, 5) is 7.51. The van der Waals surface area contributed by atoms with Crippen LogP contribution >= 0.6 is 11.8 Å². The number of hydrogen-bond acceptors (Lipinski definition) is 4. The van der Waals surface area contributed by atoms with Crippen molar-refractivity contribution in [2.24, 2.45) is 0 Å². The van der Waals surface area contributed by atoms with Gasteiger partial charge in [0.1, 0.15) is 11.9 Å². The molecule has 72 valence electrons. The van der Waals surface area contributed by atoms with E-state index in [0.717, 1.165) is 23.8 Å². The summed E-state index contributed by atoms with van der Waals surface area (Å²) in [6.45, 7) is 2.06. The van der Waals surface area contributed by atoms with Crippen molar-refractivity contribution in [3.63, 3.8) is 0 Å². The lowest BCUT2D eigenvalue weighted by Crippen LogP contribution is -2.38. The predicted octanol–water partition coefficient (Wildman–Crippen LogP) is 1.89. The van der Waals surface area contributed by atoms with Gasteiger partial charge in [-0.3, -0.25) is 0 Å². The van der Waals surface area contributed by atoms with E-state index >= 15 is 0 Å². The first-order chi connectivity index (χ1) is 6.85. The second-order valence-electron chi connectivity index (χ2n) is 3.20. The van der Waals surface area contributed by atoms with Crippen LogP contribution in [0.25, 0.3) is 0 Å². The summed E-state index contributed by atoms with van der Waals surface area (Å²) < 4.78 is 0. The maximum absolute atomic E-state index is 8.98. The molecule has 14 heavy (non-hydrogen) atoms. The van der Waals surface area contributed by atoms with Crippen molar-refractivity contribution in [1.82, 2.24) is 4.98 Å². The van der Waals surface area contributed by atoms with E-state index in [1.165, 1.54) is 6.42 Å². The number of pyridine rings is 1. The molecule has 1 fully saturated rings. The smallest absolute Gasteiger partial charge is 0.146 e. The molecule has 2 heterocycles. The average molecular weight is 205 g/mol. The Morgan fingerprint density at radius 3 is 2.86 bits per heavy atom. The lowest BCUT2D eigenvalue weighted by Gasteiger charge is -2.32. The zero-order valence-corrected chi connectivity index (χ0v) is 8.84. The summed E-state index contributed by atoms with van der Waals surface area (Å²) in [5.74, 6) is 0.844. The van der Waals surface area contributed by atoms with Crippen molar-refractivity contribution in [2.75, 3.05) is 24.2 Å². The molecule has 0 N–H and O–H groups in total. The van der Waals surface area contributed by atoms with Crippen LogP contribution in [0.3, 0.4) is 0 Å². The summed E-state index contributed by atoms with van der Waals surface area (Å²) in [6, 6.07) is 4.11. The molecule has 0 saturated carbocycles. The van der Waals surface area contributed by atoms with Gasteiger partial charge in [0.15, 0.2) is 0 Å². The van der Waals surface area contributed by atoms with Gasteiger partial charge in [-0.1, -0.05) is 0 Å². The largest absolute Gasteiger partial charge is 0.355 e. The third kappa shape index (κ3) is 1.55. The standard InChI is InChI=1S/C10H11N3S/c1-14-9-5-8(6-11)10(12-7-9)13-3-2-4-13/h5,7H,2-4H2,1H3. The van der Waals surface area contributed by atoms with Crippen molar-refractivity contribution < 1.29 is 0 Å². The van der Waals surface area contributed by atoms with Crippen molar-refractivity contribution in [3.8, 4) is 6.07 Å². The van der Waals surface area contributed by atoms with E-state index in [1.807, 2.05) is 18.5 Å². The van der Waals surface area contributed by atoms with Gasteiger partial charge in [0, 0.05) is 24.2 Å². The number of nitriles is 1. The highest BCUT2D eigenvalue weighted by atomic mass is 32.2. The van der Waals surface area contributed by atoms with Crippen LogP contribution in [0.5, 0.6) is 0 Å². The fourth-order valence-corrected chi connectivity index (χ4v) is 1.81. The molecule has 0 aromatic carbocycles. The maximum Gasteiger partial charge on any atom is 0.146 e. The minimum Gasteiger partial charge on any atom is -0.355 e. The van der Waals surface area contributed by atoms with E-state index in [2.05, 4.69) is 16.0 Å². The van der Waals surface area contributed by atoms with Crippen LogP contribution in [0.4, 0.5) is 5.82 Å². The van der Waals surface area contributed by atoms with Crippen molar-refractivity contribution in [1.29, 1.82) is 5.26 Å². The van der Waals surface area contributed by atoms with Crippen LogP contribution < -0.4 is 4.90 Å². The molecule has 1 aromatic rings. The second-order valence-corrected chi connectivity index (χ2v) is 4.08. The third-order valence-electron chi connectivity index (χ3n) is 2.35. The van der Waals surface area contributed by atoms with Gasteiger partial charge in [0.05, 0.1) is 5.56 Å². The zero-order chi connectivity index (χ0) is 9.97. The minimum atomic E-state index is 0.691. The molecule has 0 bridgehead atoms. The molecule has 1 aliphatic heterocycles. The van der Waals surface area contributed by atoms with Crippen LogP contribution in [-0.2, 0) is 0 Å². The van der Waals surface area contributed by atoms with Gasteiger partial charge >= 0.3 is 0 Å². The van der Waals surface area contributed by atoms with Gasteiger partial charge in [-0.2, -0.15) is 5.26 Å². The number of rotatable bonds is 2. The summed E-state index contributed by atoms with van der Waals surface area (Å²) in [7, 11) is 0. The predicted molar refractivity (Wildman–Crippen MR) is 57.6 cm³/mol. The molecule has 0 amide bonds. The maximum atomic E-state index is 8.98. The first-order valence-corrected chi connectivity index (χ1v) is 5.76. The first-order valence-electron chi connectivity index (χ1n) is 4.54. The Bertz CT molecular complexity index is 379. The zero-order valence-electron chi connectivity index (χ0n) is 8.03. The summed E-state index contributed by atoms with van der Waals surface area (Å²) in [6.07, 6.45) is 5.03. The Morgan fingerprint density at radius 1 is 1.57 bits per heavy atom. The number of hydrogen-bond donors (Lipinski definition) is 0. The van der Waals surface area contributed by atoms with Gasteiger partial charge in [0.2, 0.25) is 0 Å². The van der Waals surface area contributed by atoms with Gasteiger partial charge < -0.3 is 4.90 Å². The highest BCUT2D eigenvalue weighted by Crippen LogP contribution is 2.25. The fraction of sp³-hybridized carbons (Fsp3) is 0.400. The van der Waals surface area contributed by atoms with Crippen LogP contribution in [-0.4, -0.2) is 24.3 Å². The molecule has 0 radical (unpaired) electrons. The number of thioether (sulfide) groups is 1. The Morgan fingerprint density at radius 2 is 2.36 bits per heavy atom. The van der Waals surface area contributed by atoms with Crippen LogP contribution in [0.15, 0.2) is 17.2 Å². The van der Waals surface area contributed by atoms with E-state index in [-0.39, 0.29) is 0 Å². The lowest BCUT2D eigenvalue weighted by atomic mass is 10.2. The van der Waals surface area contributed by atoms with Crippen LogP contribution in [0, 0.1) is 11.3 Å². The monoisotopic (exact) mass is 205 g/mol. The third-order valence-corrected chi connectivity index (χ3v) is 3.05. The summed E-state index contributed by atoms with van der Waals surface area (Å²) in [5, 5.41) is 8.98. The molecule has 1 saturated heterocycles. The highest BCUT2D eigenvalue weighted by molar-refractivity contribution is 7.98. The van der Waals surface area contributed by atoms with Gasteiger partial charge in [-0.05, 0) is 18.7 Å². The first kappa shape index (κ1) is 9.35. The van der Waals surface area contributed by atoms with Crippen molar-refractivity contribution in [3.05, 3.63) is 17.8 Å². The van der Waals surface area contributed by atoms with Gasteiger partial charge in [-0.25, -0.2) is 4.98 Å². The topological polar surface area (TPSA) is 39.9 Å². The molecular weight excluding hydrogens is 194 g/mol.